The fourth-order valence-electron chi connectivity index (χ4n) is 2.61. The highest BCUT2D eigenvalue weighted by Gasteiger charge is 2.36. The van der Waals surface area contributed by atoms with Gasteiger partial charge in [-0.3, -0.25) is 0 Å². The van der Waals surface area contributed by atoms with Gasteiger partial charge in [-0.15, -0.1) is 11.3 Å². The summed E-state index contributed by atoms with van der Waals surface area (Å²) in [5.41, 5.74) is 6.71. The van der Waals surface area contributed by atoms with Gasteiger partial charge in [0.1, 0.15) is 5.69 Å². The van der Waals surface area contributed by atoms with Crippen molar-refractivity contribution in [3.63, 3.8) is 0 Å². The molecular weight excluding hydrogens is 272 g/mol. The Morgan fingerprint density at radius 3 is 2.80 bits per heavy atom. The molecule has 0 atom stereocenters. The molecule has 0 aliphatic heterocycles. The molecule has 2 N–H and O–H groups in total. The number of hydrogen-bond acceptors (Lipinski definition) is 6. The Morgan fingerprint density at radius 2 is 2.10 bits per heavy atom. The van der Waals surface area contributed by atoms with Crippen molar-refractivity contribution in [2.24, 2.45) is 11.7 Å². The molecule has 0 spiro atoms. The third-order valence-electron chi connectivity index (χ3n) is 3.72. The summed E-state index contributed by atoms with van der Waals surface area (Å²) in [7, 11) is 0. The molecule has 5 nitrogen and oxygen atoms in total. The first-order valence-corrected chi connectivity index (χ1v) is 8.03. The lowest BCUT2D eigenvalue weighted by molar-refractivity contribution is 0.372. The van der Waals surface area contributed by atoms with Gasteiger partial charge < -0.3 is 10.3 Å². The summed E-state index contributed by atoms with van der Waals surface area (Å²) in [5, 5.41) is 7.16. The van der Waals surface area contributed by atoms with Gasteiger partial charge in [0.05, 0.1) is 10.5 Å². The van der Waals surface area contributed by atoms with E-state index in [0.717, 1.165) is 42.8 Å². The fourth-order valence-corrected chi connectivity index (χ4v) is 3.59. The van der Waals surface area contributed by atoms with Crippen LogP contribution in [-0.4, -0.2) is 15.1 Å². The van der Waals surface area contributed by atoms with Crippen LogP contribution in [0.1, 0.15) is 50.4 Å². The lowest BCUT2D eigenvalue weighted by Crippen LogP contribution is -2.34. The number of thiazole rings is 1. The van der Waals surface area contributed by atoms with Crippen molar-refractivity contribution in [3.8, 4) is 11.6 Å². The monoisotopic (exact) mass is 292 g/mol. The molecule has 1 saturated carbocycles. The van der Waals surface area contributed by atoms with Gasteiger partial charge in [-0.25, -0.2) is 4.98 Å². The van der Waals surface area contributed by atoms with E-state index in [0.29, 0.717) is 17.6 Å². The van der Waals surface area contributed by atoms with Gasteiger partial charge in [0.2, 0.25) is 0 Å². The smallest absolute Gasteiger partial charge is 0.277 e. The zero-order valence-corrected chi connectivity index (χ0v) is 12.7. The first-order valence-electron chi connectivity index (χ1n) is 7.15. The summed E-state index contributed by atoms with van der Waals surface area (Å²) in [6.07, 6.45) is 5.11. The highest BCUT2D eigenvalue weighted by molar-refractivity contribution is 7.09. The summed E-state index contributed by atoms with van der Waals surface area (Å²) in [6, 6.07) is 0. The number of nitrogens with two attached hydrogens (primary N) is 1. The Hall–Kier alpha value is -1.27. The van der Waals surface area contributed by atoms with Crippen LogP contribution < -0.4 is 5.73 Å². The molecular formula is C14H20N4OS. The fraction of sp³-hybridized carbons (Fsp3) is 0.643. The average Bonchev–Trinajstić information content (AvgIpc) is 3.06. The van der Waals surface area contributed by atoms with E-state index < -0.39 is 5.54 Å². The van der Waals surface area contributed by atoms with Crippen LogP contribution in [0.5, 0.6) is 0 Å². The minimum absolute atomic E-state index is 0.404. The molecule has 0 amide bonds. The van der Waals surface area contributed by atoms with Crippen LogP contribution in [0.2, 0.25) is 0 Å². The van der Waals surface area contributed by atoms with Crippen LogP contribution in [0.25, 0.3) is 11.6 Å². The Bertz CT molecular complexity index is 584. The second-order valence-electron chi connectivity index (χ2n) is 6.01. The SMILES string of the molecule is CC(C)Cc1nc(-c2nc(C3(N)CCCC3)no2)cs1. The summed E-state index contributed by atoms with van der Waals surface area (Å²) in [5.74, 6) is 1.71. The lowest BCUT2D eigenvalue weighted by Gasteiger charge is -2.17. The van der Waals surface area contributed by atoms with Crippen LogP contribution >= 0.6 is 11.3 Å². The summed E-state index contributed by atoms with van der Waals surface area (Å²) in [4.78, 5) is 9.03. The predicted octanol–water partition coefficient (Wildman–Crippen LogP) is 3.12. The van der Waals surface area contributed by atoms with Crippen molar-refractivity contribution in [2.45, 2.75) is 51.5 Å². The second kappa shape index (κ2) is 5.26. The zero-order chi connectivity index (χ0) is 14.2. The molecule has 1 fully saturated rings. The molecule has 0 bridgehead atoms. The van der Waals surface area contributed by atoms with Crippen LogP contribution in [0, 0.1) is 5.92 Å². The Balaban J connectivity index is 1.81. The van der Waals surface area contributed by atoms with Crippen molar-refractivity contribution in [3.05, 3.63) is 16.2 Å². The van der Waals surface area contributed by atoms with E-state index in [-0.39, 0.29) is 0 Å². The minimum Gasteiger partial charge on any atom is -0.332 e. The predicted molar refractivity (Wildman–Crippen MR) is 78.3 cm³/mol. The standard InChI is InChI=1S/C14H20N4OS/c1-9(2)7-11-16-10(8-20-11)12-17-13(18-19-12)14(15)5-3-4-6-14/h8-9H,3-7,15H2,1-2H3. The van der Waals surface area contributed by atoms with Gasteiger partial charge in [0.15, 0.2) is 5.82 Å². The van der Waals surface area contributed by atoms with Gasteiger partial charge in [-0.2, -0.15) is 4.98 Å². The van der Waals surface area contributed by atoms with Crippen LogP contribution in [0.15, 0.2) is 9.90 Å². The van der Waals surface area contributed by atoms with Crippen molar-refractivity contribution in [2.75, 3.05) is 0 Å². The van der Waals surface area contributed by atoms with E-state index in [1.165, 1.54) is 0 Å². The molecule has 1 aliphatic carbocycles. The largest absolute Gasteiger partial charge is 0.332 e. The highest BCUT2D eigenvalue weighted by Crippen LogP contribution is 2.35. The first kappa shape index (κ1) is 13.7. The molecule has 20 heavy (non-hydrogen) atoms. The Kier molecular flexibility index (Phi) is 3.60. The van der Waals surface area contributed by atoms with Crippen molar-refractivity contribution >= 4 is 11.3 Å². The maximum Gasteiger partial charge on any atom is 0.277 e. The summed E-state index contributed by atoms with van der Waals surface area (Å²) in [6.45, 7) is 4.37. The Morgan fingerprint density at radius 1 is 1.35 bits per heavy atom. The van der Waals surface area contributed by atoms with Crippen molar-refractivity contribution < 1.29 is 4.52 Å². The van der Waals surface area contributed by atoms with Gasteiger partial charge >= 0.3 is 0 Å². The van der Waals surface area contributed by atoms with Crippen LogP contribution in [0.3, 0.4) is 0 Å². The molecule has 3 rings (SSSR count). The number of rotatable bonds is 4. The molecule has 6 heteroatoms. The van der Waals surface area contributed by atoms with Gasteiger partial charge in [-0.1, -0.05) is 31.8 Å². The third-order valence-corrected chi connectivity index (χ3v) is 4.59. The van der Waals surface area contributed by atoms with E-state index in [1.54, 1.807) is 11.3 Å². The lowest BCUT2D eigenvalue weighted by atomic mass is 9.99. The molecule has 1 aliphatic rings. The third kappa shape index (κ3) is 2.62. The topological polar surface area (TPSA) is 77.8 Å². The van der Waals surface area contributed by atoms with Crippen molar-refractivity contribution in [1.29, 1.82) is 0 Å². The molecule has 2 aromatic rings. The molecule has 2 aromatic heterocycles. The minimum atomic E-state index is -0.404. The second-order valence-corrected chi connectivity index (χ2v) is 6.95. The molecule has 2 heterocycles. The molecule has 0 aromatic carbocycles. The van der Waals surface area contributed by atoms with E-state index in [2.05, 4.69) is 29.0 Å². The number of aromatic nitrogens is 3. The van der Waals surface area contributed by atoms with Crippen LogP contribution in [-0.2, 0) is 12.0 Å². The van der Waals surface area contributed by atoms with Crippen molar-refractivity contribution in [1.82, 2.24) is 15.1 Å². The molecule has 0 saturated heterocycles. The van der Waals surface area contributed by atoms with E-state index in [9.17, 15) is 0 Å². The normalized spacial score (nSPS) is 18.0. The van der Waals surface area contributed by atoms with E-state index in [1.807, 2.05) is 5.38 Å². The quantitative estimate of drug-likeness (QED) is 0.936. The maximum atomic E-state index is 6.34. The highest BCUT2D eigenvalue weighted by atomic mass is 32.1. The first-order chi connectivity index (χ1) is 9.57. The maximum absolute atomic E-state index is 6.34. The number of nitrogens with zero attached hydrogens (tertiary/aromatic N) is 3. The van der Waals surface area contributed by atoms with E-state index >= 15 is 0 Å². The van der Waals surface area contributed by atoms with Gasteiger partial charge in [-0.05, 0) is 18.8 Å². The molecule has 0 radical (unpaired) electrons. The van der Waals surface area contributed by atoms with Gasteiger partial charge in [0, 0.05) is 11.8 Å². The van der Waals surface area contributed by atoms with Crippen LogP contribution in [0.4, 0.5) is 0 Å². The number of hydrogen-bond donors (Lipinski definition) is 1. The molecule has 108 valence electrons. The Labute approximate surface area is 122 Å². The van der Waals surface area contributed by atoms with E-state index in [4.69, 9.17) is 10.3 Å². The zero-order valence-electron chi connectivity index (χ0n) is 11.9. The molecule has 0 unspecified atom stereocenters. The summed E-state index contributed by atoms with van der Waals surface area (Å²) >= 11 is 1.64. The average molecular weight is 292 g/mol. The van der Waals surface area contributed by atoms with Gasteiger partial charge in [0.25, 0.3) is 5.89 Å². The summed E-state index contributed by atoms with van der Waals surface area (Å²) < 4.78 is 5.35.